The minimum absolute atomic E-state index is 0.216. The fourth-order valence-electron chi connectivity index (χ4n) is 1.57. The van der Waals surface area contributed by atoms with Gasteiger partial charge in [-0.05, 0) is 12.1 Å². The number of H-pyrrole nitrogens is 1. The van der Waals surface area contributed by atoms with E-state index in [9.17, 15) is 8.42 Å². The summed E-state index contributed by atoms with van der Waals surface area (Å²) in [7, 11) is -3.19. The zero-order chi connectivity index (χ0) is 13.9. The Morgan fingerprint density at radius 1 is 1.26 bits per heavy atom. The third-order valence-electron chi connectivity index (χ3n) is 2.64. The van der Waals surface area contributed by atoms with Crippen molar-refractivity contribution in [3.05, 3.63) is 36.0 Å². The lowest BCUT2D eigenvalue weighted by molar-refractivity contribution is 0.601. The van der Waals surface area contributed by atoms with Gasteiger partial charge in [0.15, 0.2) is 9.84 Å². The van der Waals surface area contributed by atoms with Gasteiger partial charge in [-0.2, -0.15) is 0 Å². The predicted octanol–water partition coefficient (Wildman–Crippen LogP) is 1.38. The Hall–Kier alpha value is -1.89. The molecule has 2 aromatic rings. The van der Waals surface area contributed by atoms with E-state index in [1.807, 2.05) is 6.92 Å². The van der Waals surface area contributed by atoms with Crippen LogP contribution in [0.25, 0.3) is 0 Å². The first-order valence-corrected chi connectivity index (χ1v) is 7.81. The maximum Gasteiger partial charge on any atom is 0.177 e. The van der Waals surface area contributed by atoms with Gasteiger partial charge >= 0.3 is 0 Å². The van der Waals surface area contributed by atoms with Crippen molar-refractivity contribution in [1.29, 1.82) is 0 Å². The first kappa shape index (κ1) is 13.5. The highest BCUT2D eigenvalue weighted by Gasteiger charge is 2.07. The average Bonchev–Trinajstić information content (AvgIpc) is 2.84. The Morgan fingerprint density at radius 2 is 2.05 bits per heavy atom. The molecule has 0 atom stereocenters. The number of nitrogens with one attached hydrogen (secondary N) is 2. The number of rotatable bonds is 5. The van der Waals surface area contributed by atoms with Crippen molar-refractivity contribution in [3.8, 4) is 0 Å². The molecule has 0 fully saturated rings. The van der Waals surface area contributed by atoms with Crippen LogP contribution in [0.1, 0.15) is 18.4 Å². The van der Waals surface area contributed by atoms with Crippen LogP contribution in [0.4, 0.5) is 5.82 Å². The molecule has 0 amide bonds. The summed E-state index contributed by atoms with van der Waals surface area (Å²) in [5.41, 5.74) is 0.964. The summed E-state index contributed by atoms with van der Waals surface area (Å²) >= 11 is 0. The first-order valence-electron chi connectivity index (χ1n) is 5.92. The average molecular weight is 280 g/mol. The van der Waals surface area contributed by atoms with Gasteiger partial charge in [0.1, 0.15) is 11.6 Å². The van der Waals surface area contributed by atoms with Crippen LogP contribution >= 0.6 is 0 Å². The number of hydrogen-bond donors (Lipinski definition) is 2. The molecule has 102 valence electrons. The molecule has 0 aliphatic rings. The molecule has 0 saturated heterocycles. The van der Waals surface area contributed by atoms with Crippen molar-refractivity contribution in [2.45, 2.75) is 24.8 Å². The highest BCUT2D eigenvalue weighted by atomic mass is 32.2. The van der Waals surface area contributed by atoms with E-state index in [-0.39, 0.29) is 4.90 Å². The number of imidazole rings is 1. The summed E-state index contributed by atoms with van der Waals surface area (Å²) in [6, 6.07) is 3.18. The smallest absolute Gasteiger partial charge is 0.177 e. The quantitative estimate of drug-likeness (QED) is 0.864. The molecule has 2 heterocycles. The minimum Gasteiger partial charge on any atom is -0.364 e. The van der Waals surface area contributed by atoms with E-state index in [2.05, 4.69) is 20.3 Å². The van der Waals surface area contributed by atoms with Gasteiger partial charge in [0.05, 0.1) is 23.3 Å². The minimum atomic E-state index is -3.19. The summed E-state index contributed by atoms with van der Waals surface area (Å²) in [6.07, 6.45) is 5.15. The fourth-order valence-corrected chi connectivity index (χ4v) is 2.12. The van der Waals surface area contributed by atoms with Gasteiger partial charge < -0.3 is 10.3 Å². The molecule has 0 bridgehead atoms. The number of nitrogens with zero attached hydrogens (tertiary/aromatic N) is 2. The van der Waals surface area contributed by atoms with Crippen molar-refractivity contribution in [2.75, 3.05) is 11.6 Å². The Bertz CT molecular complexity index is 647. The molecule has 7 heteroatoms. The van der Waals surface area contributed by atoms with Gasteiger partial charge in [0.2, 0.25) is 0 Å². The Balaban J connectivity index is 2.00. The van der Waals surface area contributed by atoms with Crippen molar-refractivity contribution in [3.63, 3.8) is 0 Å². The molecule has 0 radical (unpaired) electrons. The van der Waals surface area contributed by atoms with Crippen molar-refractivity contribution in [1.82, 2.24) is 15.0 Å². The summed E-state index contributed by atoms with van der Waals surface area (Å²) in [5.74, 6) is 1.57. The second-order valence-corrected chi connectivity index (χ2v) is 6.23. The highest BCUT2D eigenvalue weighted by Crippen LogP contribution is 2.11. The number of aromatic amines is 1. The zero-order valence-electron chi connectivity index (χ0n) is 10.8. The Kier molecular flexibility index (Phi) is 3.84. The van der Waals surface area contributed by atoms with Gasteiger partial charge in [-0.3, -0.25) is 0 Å². The Morgan fingerprint density at radius 3 is 2.58 bits per heavy atom. The molecule has 0 saturated carbocycles. The van der Waals surface area contributed by atoms with E-state index >= 15 is 0 Å². The van der Waals surface area contributed by atoms with Crippen LogP contribution in [-0.2, 0) is 22.8 Å². The molecule has 2 rings (SSSR count). The summed E-state index contributed by atoms with van der Waals surface area (Å²) in [4.78, 5) is 11.6. The molecule has 0 spiro atoms. The van der Waals surface area contributed by atoms with Gasteiger partial charge in [-0.1, -0.05) is 6.92 Å². The van der Waals surface area contributed by atoms with E-state index in [1.54, 1.807) is 12.3 Å². The normalized spacial score (nSPS) is 11.5. The topological polar surface area (TPSA) is 87.7 Å². The number of pyridine rings is 1. The summed E-state index contributed by atoms with van der Waals surface area (Å²) in [6.45, 7) is 2.60. The second-order valence-electron chi connectivity index (χ2n) is 4.21. The number of anilines is 1. The van der Waals surface area contributed by atoms with Gasteiger partial charge in [0.25, 0.3) is 0 Å². The molecule has 0 aliphatic carbocycles. The Labute approximate surface area is 112 Å². The van der Waals surface area contributed by atoms with Gasteiger partial charge in [0, 0.05) is 18.9 Å². The summed E-state index contributed by atoms with van der Waals surface area (Å²) in [5, 5.41) is 3.10. The van der Waals surface area contributed by atoms with E-state index < -0.39 is 9.84 Å². The largest absolute Gasteiger partial charge is 0.364 e. The van der Waals surface area contributed by atoms with Gasteiger partial charge in [-0.25, -0.2) is 18.4 Å². The monoisotopic (exact) mass is 280 g/mol. The van der Waals surface area contributed by atoms with E-state index in [1.165, 1.54) is 12.3 Å². The van der Waals surface area contributed by atoms with E-state index in [0.717, 1.165) is 24.2 Å². The molecule has 6 nitrogen and oxygen atoms in total. The number of hydrogen-bond acceptors (Lipinski definition) is 5. The lowest BCUT2D eigenvalue weighted by Crippen LogP contribution is -2.03. The van der Waals surface area contributed by atoms with Crippen LogP contribution in [0.2, 0.25) is 0 Å². The number of aryl methyl sites for hydroxylation is 1. The molecule has 19 heavy (non-hydrogen) atoms. The van der Waals surface area contributed by atoms with E-state index in [0.29, 0.717) is 12.4 Å². The maximum atomic E-state index is 11.3. The lowest BCUT2D eigenvalue weighted by Gasteiger charge is -2.04. The third kappa shape index (κ3) is 3.54. The molecule has 0 aromatic carbocycles. The van der Waals surface area contributed by atoms with Crippen LogP contribution in [0.15, 0.2) is 29.4 Å². The van der Waals surface area contributed by atoms with Crippen LogP contribution in [0.5, 0.6) is 0 Å². The second kappa shape index (κ2) is 5.40. The SMILES string of the molecule is CCc1ncc(CNc2ccc(S(C)(=O)=O)cn2)[nH]1. The third-order valence-corrected chi connectivity index (χ3v) is 3.74. The van der Waals surface area contributed by atoms with Crippen LogP contribution in [-0.4, -0.2) is 29.6 Å². The highest BCUT2D eigenvalue weighted by molar-refractivity contribution is 7.90. The lowest BCUT2D eigenvalue weighted by atomic mass is 10.4. The molecule has 2 N–H and O–H groups in total. The number of aromatic nitrogens is 3. The molecule has 0 unspecified atom stereocenters. The molecule has 0 aliphatic heterocycles. The number of sulfone groups is 1. The maximum absolute atomic E-state index is 11.3. The standard InChI is InChI=1S/C12H16N4O2S/c1-3-11-13-6-9(16-11)7-14-12-5-4-10(8-15-12)19(2,17)18/h4-6,8H,3,7H2,1-2H3,(H,13,16)(H,14,15). The molecule has 2 aromatic heterocycles. The van der Waals surface area contributed by atoms with E-state index in [4.69, 9.17) is 0 Å². The van der Waals surface area contributed by atoms with Gasteiger partial charge in [-0.15, -0.1) is 0 Å². The fraction of sp³-hybridized carbons (Fsp3) is 0.333. The van der Waals surface area contributed by atoms with Crippen molar-refractivity contribution in [2.24, 2.45) is 0 Å². The zero-order valence-corrected chi connectivity index (χ0v) is 11.7. The van der Waals surface area contributed by atoms with Crippen LogP contribution < -0.4 is 5.32 Å². The first-order chi connectivity index (χ1) is 8.99. The molecular weight excluding hydrogens is 264 g/mol. The summed E-state index contributed by atoms with van der Waals surface area (Å²) < 4.78 is 22.6. The molecular formula is C12H16N4O2S. The predicted molar refractivity (Wildman–Crippen MR) is 72.6 cm³/mol. The van der Waals surface area contributed by atoms with Crippen LogP contribution in [0.3, 0.4) is 0 Å². The van der Waals surface area contributed by atoms with Crippen LogP contribution in [0, 0.1) is 0 Å². The van der Waals surface area contributed by atoms with Crippen molar-refractivity contribution >= 4 is 15.7 Å². The van der Waals surface area contributed by atoms with Crippen molar-refractivity contribution < 1.29 is 8.42 Å².